The molecule has 0 bridgehead atoms. The maximum absolute atomic E-state index is 4.85. The Morgan fingerprint density at radius 1 is 1.44 bits per heavy atom. The van der Waals surface area contributed by atoms with Gasteiger partial charge in [0.05, 0.1) is 0 Å². The Labute approximate surface area is 76.7 Å². The van der Waals surface area contributed by atoms with Crippen LogP contribution in [0, 0.1) is 0 Å². The summed E-state index contributed by atoms with van der Waals surface area (Å²) in [6.07, 6.45) is 6.96. The molecule has 0 aromatic rings. The van der Waals surface area contributed by atoms with Gasteiger partial charge in [0.2, 0.25) is 0 Å². The van der Waals surface area contributed by atoms with Crippen molar-refractivity contribution in [2.75, 3.05) is 0 Å². The second-order valence-corrected chi connectivity index (χ2v) is 1.64. The molecule has 0 saturated carbocycles. The molecule has 0 amide bonds. The van der Waals surface area contributed by atoms with Crippen molar-refractivity contribution in [2.24, 2.45) is 0 Å². The molecule has 0 aliphatic heterocycles. The molecule has 1 aliphatic rings. The van der Waals surface area contributed by atoms with Crippen LogP contribution in [0.1, 0.15) is 6.42 Å². The SMILES string of the molecule is Cl.Cl.[V][O]C1=CC=CC1. The van der Waals surface area contributed by atoms with E-state index in [9.17, 15) is 0 Å². The van der Waals surface area contributed by atoms with E-state index in [1.165, 1.54) is 0 Å². The Morgan fingerprint density at radius 3 is 2.33 bits per heavy atom. The molecule has 0 saturated heterocycles. The fourth-order valence-electron chi connectivity index (χ4n) is 0.495. The first-order chi connectivity index (χ1) is 3.43. The van der Waals surface area contributed by atoms with Crippen molar-refractivity contribution in [3.63, 3.8) is 0 Å². The number of hydrogen-bond donors (Lipinski definition) is 0. The van der Waals surface area contributed by atoms with Gasteiger partial charge in [-0.2, -0.15) is 0 Å². The van der Waals surface area contributed by atoms with Gasteiger partial charge in [0, 0.05) is 0 Å². The average molecular weight is 205 g/mol. The Bertz CT molecular complexity index is 122. The molecule has 4 heteroatoms. The van der Waals surface area contributed by atoms with Crippen LogP contribution in [0.5, 0.6) is 0 Å². The summed E-state index contributed by atoms with van der Waals surface area (Å²) in [5, 5.41) is 0. The number of halogens is 2. The van der Waals surface area contributed by atoms with Gasteiger partial charge in [0.25, 0.3) is 0 Å². The minimum atomic E-state index is 0. The molecule has 0 aromatic heterocycles. The summed E-state index contributed by atoms with van der Waals surface area (Å²) in [5.41, 5.74) is 0. The third-order valence-corrected chi connectivity index (χ3v) is 1.22. The predicted molar refractivity (Wildman–Crippen MR) is 37.4 cm³/mol. The first kappa shape index (κ1) is 12.2. The molecule has 9 heavy (non-hydrogen) atoms. The summed E-state index contributed by atoms with van der Waals surface area (Å²) in [4.78, 5) is 0. The summed E-state index contributed by atoms with van der Waals surface area (Å²) in [6.45, 7) is 0. The number of hydrogen-bond acceptors (Lipinski definition) is 1. The van der Waals surface area contributed by atoms with Gasteiger partial charge in [0.15, 0.2) is 0 Å². The van der Waals surface area contributed by atoms with E-state index in [-0.39, 0.29) is 24.8 Å². The van der Waals surface area contributed by atoms with Crippen LogP contribution in [0.15, 0.2) is 24.0 Å². The molecule has 0 N–H and O–H groups in total. The summed E-state index contributed by atoms with van der Waals surface area (Å²) in [6, 6.07) is 0. The van der Waals surface area contributed by atoms with Crippen molar-refractivity contribution in [1.29, 1.82) is 0 Å². The number of rotatable bonds is 1. The van der Waals surface area contributed by atoms with E-state index in [1.54, 1.807) is 0 Å². The third kappa shape index (κ3) is 3.93. The molecule has 0 atom stereocenters. The van der Waals surface area contributed by atoms with Gasteiger partial charge in [-0.25, -0.2) is 0 Å². The number of allylic oxidation sites excluding steroid dienone is 3. The van der Waals surface area contributed by atoms with Gasteiger partial charge in [-0.3, -0.25) is 0 Å². The zero-order chi connectivity index (χ0) is 5.11. The first-order valence-corrected chi connectivity index (χ1v) is 2.67. The topological polar surface area (TPSA) is 9.23 Å². The van der Waals surface area contributed by atoms with E-state index in [1.807, 2.05) is 12.2 Å². The third-order valence-electron chi connectivity index (χ3n) is 0.854. The van der Waals surface area contributed by atoms with E-state index >= 15 is 0 Å². The zero-order valence-corrected chi connectivity index (χ0v) is 7.64. The molecule has 1 rings (SSSR count). The van der Waals surface area contributed by atoms with Crippen molar-refractivity contribution in [2.45, 2.75) is 6.42 Å². The van der Waals surface area contributed by atoms with Crippen LogP contribution < -0.4 is 0 Å². The predicted octanol–water partition coefficient (Wildman–Crippen LogP) is 2.15. The van der Waals surface area contributed by atoms with Crippen LogP contribution in [0.3, 0.4) is 0 Å². The molecule has 0 unspecified atom stereocenters. The van der Waals surface area contributed by atoms with Crippen molar-refractivity contribution < 1.29 is 21.4 Å². The quantitative estimate of drug-likeness (QED) is 0.637. The van der Waals surface area contributed by atoms with Crippen LogP contribution in [-0.2, 0) is 21.4 Å². The molecule has 52 valence electrons. The van der Waals surface area contributed by atoms with Crippen molar-refractivity contribution in [3.8, 4) is 0 Å². The summed E-state index contributed by atoms with van der Waals surface area (Å²) in [7, 11) is 0. The van der Waals surface area contributed by atoms with Gasteiger partial charge in [0.1, 0.15) is 0 Å². The average Bonchev–Trinajstić information content (AvgIpc) is 2.14. The molecule has 1 nitrogen and oxygen atoms in total. The molecule has 0 radical (unpaired) electrons. The Morgan fingerprint density at radius 2 is 2.11 bits per heavy atom. The standard InChI is InChI=1S/C5H6O.2ClH.V/c6-5-3-1-2-4-5;;;/h1-3,6H,4H2;2*1H;/q;;;+1/p-1. The molecule has 0 fully saturated rings. The maximum atomic E-state index is 4.85. The molecule has 0 spiro atoms. The molecular formula is C5H7Cl2OV. The molecule has 0 heterocycles. The van der Waals surface area contributed by atoms with Gasteiger partial charge < -0.3 is 0 Å². The second-order valence-electron chi connectivity index (χ2n) is 1.36. The summed E-state index contributed by atoms with van der Waals surface area (Å²) >= 11 is 2.08. The summed E-state index contributed by atoms with van der Waals surface area (Å²) in [5.74, 6) is 1.03. The van der Waals surface area contributed by atoms with E-state index < -0.39 is 0 Å². The fraction of sp³-hybridized carbons (Fsp3) is 0.200. The van der Waals surface area contributed by atoms with Crippen LogP contribution in [-0.4, -0.2) is 0 Å². The van der Waals surface area contributed by atoms with Crippen molar-refractivity contribution >= 4 is 24.8 Å². The Hall–Kier alpha value is 0.444. The van der Waals surface area contributed by atoms with Crippen molar-refractivity contribution in [1.82, 2.24) is 0 Å². The van der Waals surface area contributed by atoms with Crippen LogP contribution >= 0.6 is 24.8 Å². The first-order valence-electron chi connectivity index (χ1n) is 2.10. The fourth-order valence-corrected chi connectivity index (χ4v) is 0.707. The zero-order valence-electron chi connectivity index (χ0n) is 4.61. The summed E-state index contributed by atoms with van der Waals surface area (Å²) < 4.78 is 4.85. The van der Waals surface area contributed by atoms with E-state index in [2.05, 4.69) is 23.9 Å². The minimum absolute atomic E-state index is 0. The van der Waals surface area contributed by atoms with E-state index in [0.717, 1.165) is 12.2 Å². The van der Waals surface area contributed by atoms with Gasteiger partial charge >= 0.3 is 51.8 Å². The van der Waals surface area contributed by atoms with Crippen LogP contribution in [0.4, 0.5) is 0 Å². The normalized spacial score (nSPS) is 13.1. The molecule has 1 aliphatic carbocycles. The van der Waals surface area contributed by atoms with Crippen LogP contribution in [0.2, 0.25) is 0 Å². The van der Waals surface area contributed by atoms with Crippen LogP contribution in [0.25, 0.3) is 0 Å². The Kier molecular flexibility index (Phi) is 8.86. The van der Waals surface area contributed by atoms with E-state index in [0.29, 0.717) is 0 Å². The van der Waals surface area contributed by atoms with Gasteiger partial charge in [-0.1, -0.05) is 0 Å². The van der Waals surface area contributed by atoms with Crippen molar-refractivity contribution in [3.05, 3.63) is 24.0 Å². The van der Waals surface area contributed by atoms with Gasteiger partial charge in [-0.05, 0) is 0 Å². The monoisotopic (exact) mass is 204 g/mol. The van der Waals surface area contributed by atoms with Gasteiger partial charge in [-0.15, -0.1) is 24.8 Å². The molecular weight excluding hydrogens is 198 g/mol. The Balaban J connectivity index is 0. The second kappa shape index (κ2) is 6.56. The molecule has 0 aromatic carbocycles. The van der Waals surface area contributed by atoms with E-state index in [4.69, 9.17) is 3.66 Å².